The summed E-state index contributed by atoms with van der Waals surface area (Å²) in [6.07, 6.45) is 13.3. The maximum atomic E-state index is 5.15. The monoisotopic (exact) mass is 240 g/mol. The lowest BCUT2D eigenvalue weighted by Gasteiger charge is -2.11. The summed E-state index contributed by atoms with van der Waals surface area (Å²) in [5.74, 6) is 2.46. The van der Waals surface area contributed by atoms with Gasteiger partial charge >= 0.3 is 0 Å². The van der Waals surface area contributed by atoms with Gasteiger partial charge in [0.25, 0.3) is 0 Å². The van der Waals surface area contributed by atoms with Crippen molar-refractivity contribution in [3.8, 4) is 12.3 Å². The van der Waals surface area contributed by atoms with Gasteiger partial charge in [-0.3, -0.25) is 5.01 Å². The molecule has 0 aromatic heterocycles. The van der Waals surface area contributed by atoms with Gasteiger partial charge in [-0.2, -0.15) is 5.10 Å². The van der Waals surface area contributed by atoms with Crippen molar-refractivity contribution < 1.29 is 4.58 Å². The molecule has 92 valence electrons. The highest BCUT2D eigenvalue weighted by Gasteiger charge is 1.93. The number of rotatable bonds is 5. The molecule has 0 bridgehead atoms. The van der Waals surface area contributed by atoms with E-state index in [-0.39, 0.29) is 0 Å². The first-order valence-electron chi connectivity index (χ1n) is 5.73. The van der Waals surface area contributed by atoms with Gasteiger partial charge in [-0.05, 0) is 24.1 Å². The minimum Gasteiger partial charge on any atom is -0.269 e. The van der Waals surface area contributed by atoms with Gasteiger partial charge in [-0.1, -0.05) is 18.2 Å². The molecule has 0 heterocycles. The summed E-state index contributed by atoms with van der Waals surface area (Å²) in [6, 6.07) is 10.0. The zero-order valence-electron chi connectivity index (χ0n) is 10.8. The van der Waals surface area contributed by atoms with Crippen molar-refractivity contribution in [2.75, 3.05) is 19.1 Å². The van der Waals surface area contributed by atoms with E-state index in [1.165, 1.54) is 0 Å². The molecule has 0 saturated heterocycles. The predicted molar refractivity (Wildman–Crippen MR) is 78.2 cm³/mol. The lowest BCUT2D eigenvalue weighted by molar-refractivity contribution is -0.415. The average molecular weight is 240 g/mol. The molecule has 0 spiro atoms. The maximum absolute atomic E-state index is 5.15. The Bertz CT molecular complexity index is 478. The zero-order valence-corrected chi connectivity index (χ0v) is 10.8. The van der Waals surface area contributed by atoms with Crippen molar-refractivity contribution >= 4 is 18.1 Å². The largest absolute Gasteiger partial charge is 0.269 e. The van der Waals surface area contributed by atoms with E-state index >= 15 is 0 Å². The Hall–Kier alpha value is -2.34. The number of nitrogens with zero attached hydrogens (tertiary/aromatic N) is 3. The molecule has 0 amide bonds. The molecule has 1 aromatic carbocycles. The van der Waals surface area contributed by atoms with E-state index < -0.39 is 0 Å². The number of benzene rings is 1. The SMILES string of the molecule is C#C/C=[N+](C)\C=C/C/C=N/N(C)c1ccccc1. The van der Waals surface area contributed by atoms with Gasteiger partial charge in [0.15, 0.2) is 6.20 Å². The Morgan fingerprint density at radius 3 is 2.78 bits per heavy atom. The fraction of sp³-hybridized carbons (Fsp3) is 0.200. The zero-order chi connectivity index (χ0) is 13.2. The van der Waals surface area contributed by atoms with Crippen LogP contribution in [-0.2, 0) is 0 Å². The molecule has 1 rings (SSSR count). The standard InChI is InChI=1S/C15H18N3/c1-4-13-17(2)14-9-8-12-16-18(3)15-10-6-5-7-11-15/h1,5-7,9-14H,8H2,2-3H3/q+1/b14-9-,16-12+,17-13-. The minimum absolute atomic E-state index is 0.764. The molecule has 0 aliphatic rings. The molecule has 0 unspecified atom stereocenters. The number of anilines is 1. The summed E-state index contributed by atoms with van der Waals surface area (Å²) >= 11 is 0. The third-order valence-electron chi connectivity index (χ3n) is 2.24. The Balaban J connectivity index is 2.43. The topological polar surface area (TPSA) is 18.6 Å². The van der Waals surface area contributed by atoms with Crippen LogP contribution in [0.1, 0.15) is 6.42 Å². The number of hydrogen-bond donors (Lipinski definition) is 0. The van der Waals surface area contributed by atoms with Crippen LogP contribution < -0.4 is 5.01 Å². The van der Waals surface area contributed by atoms with E-state index in [1.807, 2.05) is 72.5 Å². The predicted octanol–water partition coefficient (Wildman–Crippen LogP) is 2.36. The summed E-state index contributed by atoms with van der Waals surface area (Å²) in [5.41, 5.74) is 1.07. The summed E-state index contributed by atoms with van der Waals surface area (Å²) < 4.78 is 1.83. The van der Waals surface area contributed by atoms with Crippen LogP contribution in [0, 0.1) is 12.3 Å². The second-order valence-corrected chi connectivity index (χ2v) is 3.74. The fourth-order valence-electron chi connectivity index (χ4n) is 1.33. The van der Waals surface area contributed by atoms with Gasteiger partial charge in [0, 0.05) is 19.7 Å². The van der Waals surface area contributed by atoms with Crippen molar-refractivity contribution in [1.29, 1.82) is 0 Å². The molecule has 1 aromatic rings. The molecule has 0 N–H and O–H groups in total. The van der Waals surface area contributed by atoms with Crippen LogP contribution in [0.3, 0.4) is 0 Å². The molecule has 0 atom stereocenters. The number of hydrogen-bond acceptors (Lipinski definition) is 2. The quantitative estimate of drug-likeness (QED) is 0.334. The van der Waals surface area contributed by atoms with Crippen LogP contribution in [0.25, 0.3) is 0 Å². The molecule has 3 nitrogen and oxygen atoms in total. The first kappa shape index (κ1) is 13.7. The second kappa shape index (κ2) is 7.86. The summed E-state index contributed by atoms with van der Waals surface area (Å²) in [6.45, 7) is 0. The second-order valence-electron chi connectivity index (χ2n) is 3.74. The normalized spacial score (nSPS) is 11.9. The van der Waals surface area contributed by atoms with Gasteiger partial charge in [-0.25, -0.2) is 4.58 Å². The third kappa shape index (κ3) is 5.13. The molecule has 3 heteroatoms. The highest BCUT2D eigenvalue weighted by Crippen LogP contribution is 2.10. The minimum atomic E-state index is 0.764. The summed E-state index contributed by atoms with van der Waals surface area (Å²) in [4.78, 5) is 0. The Morgan fingerprint density at radius 1 is 1.39 bits per heavy atom. The number of allylic oxidation sites excluding steroid dienone is 1. The molecule has 0 radical (unpaired) electrons. The summed E-state index contributed by atoms with van der Waals surface area (Å²) in [7, 11) is 3.82. The molecule has 0 aliphatic heterocycles. The van der Waals surface area contributed by atoms with Crippen LogP contribution in [-0.4, -0.2) is 31.1 Å². The van der Waals surface area contributed by atoms with Crippen molar-refractivity contribution in [2.45, 2.75) is 6.42 Å². The van der Waals surface area contributed by atoms with Crippen molar-refractivity contribution in [3.05, 3.63) is 42.6 Å². The van der Waals surface area contributed by atoms with Gasteiger partial charge in [0.1, 0.15) is 7.05 Å². The van der Waals surface area contributed by atoms with Crippen molar-refractivity contribution in [2.24, 2.45) is 5.10 Å². The van der Waals surface area contributed by atoms with Gasteiger partial charge in [0.05, 0.1) is 5.69 Å². The van der Waals surface area contributed by atoms with Gasteiger partial charge < -0.3 is 0 Å². The molecule has 18 heavy (non-hydrogen) atoms. The first-order chi connectivity index (χ1) is 8.74. The molecular weight excluding hydrogens is 222 g/mol. The van der Waals surface area contributed by atoms with Crippen molar-refractivity contribution in [1.82, 2.24) is 0 Å². The van der Waals surface area contributed by atoms with Crippen LogP contribution in [0.15, 0.2) is 47.7 Å². The number of para-hydroxylation sites is 1. The Kier molecular flexibility index (Phi) is 5.99. The summed E-state index contributed by atoms with van der Waals surface area (Å²) in [5, 5.41) is 6.16. The lowest BCUT2D eigenvalue weighted by Crippen LogP contribution is -2.08. The van der Waals surface area contributed by atoms with E-state index in [4.69, 9.17) is 6.42 Å². The first-order valence-corrected chi connectivity index (χ1v) is 5.73. The molecule has 0 saturated carbocycles. The lowest BCUT2D eigenvalue weighted by atomic mass is 10.3. The molecule has 0 aliphatic carbocycles. The van der Waals surface area contributed by atoms with Crippen LogP contribution in [0.4, 0.5) is 5.69 Å². The molecular formula is C15H18N3+. The van der Waals surface area contributed by atoms with Crippen LogP contribution in [0.2, 0.25) is 0 Å². The number of terminal acetylenes is 1. The number of hydrazone groups is 1. The Labute approximate surface area is 109 Å². The van der Waals surface area contributed by atoms with Gasteiger partial charge in [-0.15, -0.1) is 6.42 Å². The molecule has 0 fully saturated rings. The highest BCUT2D eigenvalue weighted by atomic mass is 15.4. The Morgan fingerprint density at radius 2 is 2.11 bits per heavy atom. The van der Waals surface area contributed by atoms with E-state index in [1.54, 1.807) is 6.21 Å². The third-order valence-corrected chi connectivity index (χ3v) is 2.24. The van der Waals surface area contributed by atoms with E-state index in [2.05, 4.69) is 11.0 Å². The van der Waals surface area contributed by atoms with Crippen molar-refractivity contribution in [3.63, 3.8) is 0 Å². The smallest absolute Gasteiger partial charge is 0.219 e. The average Bonchev–Trinajstić information content (AvgIpc) is 2.39. The van der Waals surface area contributed by atoms with E-state index in [0.717, 1.165) is 12.1 Å². The van der Waals surface area contributed by atoms with Crippen LogP contribution >= 0.6 is 0 Å². The van der Waals surface area contributed by atoms with Gasteiger partial charge in [0.2, 0.25) is 6.21 Å². The maximum Gasteiger partial charge on any atom is 0.219 e. The fourth-order valence-corrected chi connectivity index (χ4v) is 1.33. The highest BCUT2D eigenvalue weighted by molar-refractivity contribution is 5.72. The van der Waals surface area contributed by atoms with Crippen LogP contribution in [0.5, 0.6) is 0 Å². The van der Waals surface area contributed by atoms with E-state index in [0.29, 0.717) is 0 Å². The van der Waals surface area contributed by atoms with E-state index in [9.17, 15) is 0 Å².